The zero-order valence-electron chi connectivity index (χ0n) is 12.8. The second-order valence-electron chi connectivity index (χ2n) is 5.13. The van der Waals surface area contributed by atoms with E-state index in [9.17, 15) is 0 Å². The number of nitrogens with zero attached hydrogens (tertiary/aromatic N) is 2. The molecule has 0 bridgehead atoms. The van der Waals surface area contributed by atoms with Crippen molar-refractivity contribution in [1.82, 2.24) is 9.94 Å². The van der Waals surface area contributed by atoms with Crippen LogP contribution in [-0.4, -0.2) is 22.7 Å². The van der Waals surface area contributed by atoms with Crippen LogP contribution in [0.4, 0.5) is 0 Å². The number of hydrogen-bond acceptors (Lipinski definition) is 3. The predicted molar refractivity (Wildman–Crippen MR) is 80.0 cm³/mol. The second-order valence-corrected chi connectivity index (χ2v) is 5.13. The van der Waals surface area contributed by atoms with E-state index in [4.69, 9.17) is 9.57 Å². The van der Waals surface area contributed by atoms with Crippen molar-refractivity contribution < 1.29 is 9.57 Å². The Morgan fingerprint density at radius 1 is 1.20 bits per heavy atom. The number of rotatable bonds is 5. The minimum Gasteiger partial charge on any atom is -0.491 e. The lowest BCUT2D eigenvalue weighted by atomic mass is 10.1. The summed E-state index contributed by atoms with van der Waals surface area (Å²) in [6, 6.07) is 6.14. The Kier molecular flexibility index (Phi) is 4.32. The van der Waals surface area contributed by atoms with Gasteiger partial charge in [0.2, 0.25) is 0 Å². The highest BCUT2D eigenvalue weighted by Crippen LogP contribution is 2.27. The van der Waals surface area contributed by atoms with Gasteiger partial charge in [0.15, 0.2) is 0 Å². The van der Waals surface area contributed by atoms with Gasteiger partial charge in [0.1, 0.15) is 12.4 Å². The van der Waals surface area contributed by atoms with Gasteiger partial charge in [0, 0.05) is 5.56 Å². The number of hydrogen-bond donors (Lipinski definition) is 0. The predicted octanol–water partition coefficient (Wildman–Crippen LogP) is 3.40. The number of aryl methyl sites for hydroxylation is 2. The Hall–Kier alpha value is -1.97. The quantitative estimate of drug-likeness (QED) is 0.838. The fourth-order valence-electron chi connectivity index (χ4n) is 2.10. The first-order valence-corrected chi connectivity index (χ1v) is 6.98. The normalized spacial score (nSPS) is 10.9. The average Bonchev–Trinajstić information content (AvgIpc) is 2.73. The van der Waals surface area contributed by atoms with E-state index in [1.165, 1.54) is 4.85 Å². The third-order valence-corrected chi connectivity index (χ3v) is 2.95. The van der Waals surface area contributed by atoms with E-state index in [1.807, 2.05) is 46.0 Å². The lowest BCUT2D eigenvalue weighted by Crippen LogP contribution is -2.10. The summed E-state index contributed by atoms with van der Waals surface area (Å²) in [7, 11) is 0. The van der Waals surface area contributed by atoms with Crippen LogP contribution in [0.15, 0.2) is 24.4 Å². The summed E-state index contributed by atoms with van der Waals surface area (Å²) < 4.78 is 5.76. The third-order valence-electron chi connectivity index (χ3n) is 2.95. The highest BCUT2D eigenvalue weighted by molar-refractivity contribution is 5.64. The summed E-state index contributed by atoms with van der Waals surface area (Å²) in [5.41, 5.74) is 4.23. The lowest BCUT2D eigenvalue weighted by molar-refractivity contribution is 0.0931. The smallest absolute Gasteiger partial charge is 0.122 e. The number of ether oxygens (including phenoxy) is 1. The van der Waals surface area contributed by atoms with Crippen LogP contribution >= 0.6 is 0 Å². The molecule has 4 heteroatoms. The molecule has 108 valence electrons. The van der Waals surface area contributed by atoms with Gasteiger partial charge in [-0.05, 0) is 63.9 Å². The van der Waals surface area contributed by atoms with Crippen LogP contribution in [0.1, 0.15) is 31.9 Å². The summed E-state index contributed by atoms with van der Waals surface area (Å²) in [4.78, 5) is 6.90. The molecule has 0 aliphatic carbocycles. The third kappa shape index (κ3) is 3.13. The molecule has 0 radical (unpaired) electrons. The van der Waals surface area contributed by atoms with Crippen molar-refractivity contribution >= 4 is 0 Å². The van der Waals surface area contributed by atoms with E-state index >= 15 is 0 Å². The summed E-state index contributed by atoms with van der Waals surface area (Å²) in [5.74, 6) is 0.922. The van der Waals surface area contributed by atoms with Crippen molar-refractivity contribution in [3.63, 3.8) is 0 Å². The van der Waals surface area contributed by atoms with Crippen molar-refractivity contribution in [3.05, 3.63) is 35.5 Å². The molecule has 1 heterocycles. The van der Waals surface area contributed by atoms with Gasteiger partial charge in [-0.2, -0.15) is 0 Å². The zero-order chi connectivity index (χ0) is 14.7. The maximum absolute atomic E-state index is 5.76. The van der Waals surface area contributed by atoms with Crippen molar-refractivity contribution in [2.45, 2.75) is 40.7 Å². The van der Waals surface area contributed by atoms with Gasteiger partial charge in [-0.3, -0.25) is 0 Å². The van der Waals surface area contributed by atoms with E-state index in [0.29, 0.717) is 6.61 Å². The van der Waals surface area contributed by atoms with Gasteiger partial charge in [-0.25, -0.2) is 0 Å². The molecule has 2 aromatic rings. The average molecular weight is 274 g/mol. The molecule has 0 saturated heterocycles. The lowest BCUT2D eigenvalue weighted by Gasteiger charge is -2.13. The Balaban J connectivity index is 2.31. The van der Waals surface area contributed by atoms with Crippen molar-refractivity contribution in [2.75, 3.05) is 6.61 Å². The van der Waals surface area contributed by atoms with E-state index in [-0.39, 0.29) is 6.10 Å². The van der Waals surface area contributed by atoms with Gasteiger partial charge in [0.05, 0.1) is 18.0 Å². The molecule has 20 heavy (non-hydrogen) atoms. The highest BCUT2D eigenvalue weighted by atomic mass is 16.7. The van der Waals surface area contributed by atoms with Crippen LogP contribution in [0.3, 0.4) is 0 Å². The summed E-state index contributed by atoms with van der Waals surface area (Å²) >= 11 is 0. The number of benzene rings is 1. The maximum Gasteiger partial charge on any atom is 0.122 e. The van der Waals surface area contributed by atoms with Gasteiger partial charge < -0.3 is 9.57 Å². The monoisotopic (exact) mass is 274 g/mol. The van der Waals surface area contributed by atoms with Crippen LogP contribution in [-0.2, 0) is 0 Å². The standard InChI is InChI=1S/C16H22N2O2/c1-6-19-18-10-13(5)16(17-18)14-7-8-15(12(4)9-14)20-11(2)3/h7-11H,6H2,1-5H3. The van der Waals surface area contributed by atoms with Crippen LogP contribution < -0.4 is 9.57 Å². The molecule has 1 aromatic carbocycles. The van der Waals surface area contributed by atoms with Crippen LogP contribution in [0, 0.1) is 13.8 Å². The van der Waals surface area contributed by atoms with E-state index in [2.05, 4.69) is 18.1 Å². The van der Waals surface area contributed by atoms with Crippen molar-refractivity contribution in [1.29, 1.82) is 0 Å². The van der Waals surface area contributed by atoms with E-state index < -0.39 is 0 Å². The Bertz CT molecular complexity index is 588. The summed E-state index contributed by atoms with van der Waals surface area (Å²) in [6.45, 7) is 10.7. The molecular weight excluding hydrogens is 252 g/mol. The first-order valence-electron chi connectivity index (χ1n) is 6.98. The minimum atomic E-state index is 0.179. The first kappa shape index (κ1) is 14.4. The fourth-order valence-corrected chi connectivity index (χ4v) is 2.10. The molecule has 4 nitrogen and oxygen atoms in total. The molecular formula is C16H22N2O2. The molecule has 1 aromatic heterocycles. The number of aromatic nitrogens is 2. The molecule has 0 atom stereocenters. The molecule has 0 fully saturated rings. The molecule has 2 rings (SSSR count). The van der Waals surface area contributed by atoms with E-state index in [1.54, 1.807) is 0 Å². The SMILES string of the molecule is CCOn1cc(C)c(-c2ccc(OC(C)C)c(C)c2)n1. The summed E-state index contributed by atoms with van der Waals surface area (Å²) in [5, 5.41) is 4.46. The van der Waals surface area contributed by atoms with Crippen molar-refractivity contribution in [2.24, 2.45) is 0 Å². The maximum atomic E-state index is 5.76. The topological polar surface area (TPSA) is 36.3 Å². The van der Waals surface area contributed by atoms with Crippen molar-refractivity contribution in [3.8, 4) is 17.0 Å². The molecule has 0 amide bonds. The molecule has 0 aliphatic rings. The molecule has 0 N–H and O–H groups in total. The zero-order valence-corrected chi connectivity index (χ0v) is 12.8. The van der Waals surface area contributed by atoms with Gasteiger partial charge >= 0.3 is 0 Å². The molecule has 0 aliphatic heterocycles. The molecule has 0 unspecified atom stereocenters. The molecule has 0 spiro atoms. The summed E-state index contributed by atoms with van der Waals surface area (Å²) in [6.07, 6.45) is 2.07. The largest absolute Gasteiger partial charge is 0.491 e. The van der Waals surface area contributed by atoms with Crippen LogP contribution in [0.25, 0.3) is 11.3 Å². The van der Waals surface area contributed by atoms with Gasteiger partial charge in [0.25, 0.3) is 0 Å². The van der Waals surface area contributed by atoms with Gasteiger partial charge in [-0.1, -0.05) is 0 Å². The minimum absolute atomic E-state index is 0.179. The van der Waals surface area contributed by atoms with Crippen LogP contribution in [0.5, 0.6) is 5.75 Å². The second kappa shape index (κ2) is 5.99. The Labute approximate surface area is 120 Å². The Morgan fingerprint density at radius 3 is 2.55 bits per heavy atom. The Morgan fingerprint density at radius 2 is 1.95 bits per heavy atom. The van der Waals surface area contributed by atoms with E-state index in [0.717, 1.165) is 28.1 Å². The van der Waals surface area contributed by atoms with Crippen LogP contribution in [0.2, 0.25) is 0 Å². The highest BCUT2D eigenvalue weighted by Gasteiger charge is 2.10. The fraction of sp³-hybridized carbons (Fsp3) is 0.438. The van der Waals surface area contributed by atoms with Gasteiger partial charge in [-0.15, -0.1) is 9.94 Å². The molecule has 0 saturated carbocycles. The first-order chi connectivity index (χ1) is 9.51.